The van der Waals surface area contributed by atoms with Gasteiger partial charge in [-0.1, -0.05) is 96.1 Å². The minimum atomic E-state index is -5.19. The highest BCUT2D eigenvalue weighted by Gasteiger charge is 2.34. The van der Waals surface area contributed by atoms with Gasteiger partial charge >= 0.3 is 0 Å². The first-order valence-electron chi connectivity index (χ1n) is 11.3. The lowest BCUT2D eigenvalue weighted by Crippen LogP contribution is -2.23. The van der Waals surface area contributed by atoms with E-state index < -0.39 is 25.7 Å². The lowest BCUT2D eigenvalue weighted by molar-refractivity contribution is 0.264. The van der Waals surface area contributed by atoms with Crippen molar-refractivity contribution >= 4 is 31.0 Å². The van der Waals surface area contributed by atoms with Gasteiger partial charge in [-0.15, -0.1) is 0 Å². The Morgan fingerprint density at radius 2 is 1.24 bits per heavy atom. The Labute approximate surface area is 202 Å². The minimum absolute atomic E-state index is 0.00679. The van der Waals surface area contributed by atoms with E-state index >= 15 is 0 Å². The molecule has 3 aromatic rings. The van der Waals surface area contributed by atoms with Crippen molar-refractivity contribution < 1.29 is 25.6 Å². The number of rotatable bonds is 8. The van der Waals surface area contributed by atoms with Crippen molar-refractivity contribution in [2.45, 2.75) is 69.6 Å². The molecule has 0 aliphatic carbocycles. The van der Waals surface area contributed by atoms with E-state index in [1.54, 1.807) is 36.4 Å². The van der Waals surface area contributed by atoms with Crippen LogP contribution in [0.4, 0.5) is 0 Å². The molecule has 0 amide bonds. The van der Waals surface area contributed by atoms with E-state index in [1.165, 1.54) is 6.07 Å². The largest absolute Gasteiger partial charge is 0.746 e. The molecule has 1 atom stereocenters. The van der Waals surface area contributed by atoms with Gasteiger partial charge in [-0.3, -0.25) is 0 Å². The van der Waals surface area contributed by atoms with Gasteiger partial charge < -0.3 is 4.55 Å². The van der Waals surface area contributed by atoms with Gasteiger partial charge in [0.15, 0.2) is 5.44 Å². The predicted molar refractivity (Wildman–Crippen MR) is 133 cm³/mol. The zero-order valence-electron chi connectivity index (χ0n) is 20.3. The van der Waals surface area contributed by atoms with Crippen LogP contribution in [0.25, 0.3) is 10.8 Å². The van der Waals surface area contributed by atoms with E-state index in [0.29, 0.717) is 21.9 Å². The summed E-state index contributed by atoms with van der Waals surface area (Å²) >= 11 is 0. The van der Waals surface area contributed by atoms with Gasteiger partial charge in [0.1, 0.15) is 15.0 Å². The average molecular weight is 504 g/mol. The first-order chi connectivity index (χ1) is 15.7. The predicted octanol–water partition coefficient (Wildman–Crippen LogP) is 6.16. The van der Waals surface area contributed by atoms with Crippen LogP contribution in [0.3, 0.4) is 0 Å². The highest BCUT2D eigenvalue weighted by Crippen LogP contribution is 2.39. The van der Waals surface area contributed by atoms with Crippen molar-refractivity contribution in [1.29, 1.82) is 0 Å². The van der Waals surface area contributed by atoms with Crippen molar-refractivity contribution in [3.05, 3.63) is 76.9 Å². The van der Waals surface area contributed by atoms with Gasteiger partial charge in [-0.05, 0) is 45.2 Å². The van der Waals surface area contributed by atoms with Crippen molar-refractivity contribution in [2.24, 2.45) is 0 Å². The molecule has 0 bridgehead atoms. The number of benzene rings is 3. The van der Waals surface area contributed by atoms with Crippen LogP contribution in [0.15, 0.2) is 59.5 Å². The topological polar surface area (TPSA) is 101 Å². The average Bonchev–Trinajstić information content (AvgIpc) is 2.75. The first-order valence-corrected chi connectivity index (χ1v) is 14.2. The zero-order valence-corrected chi connectivity index (χ0v) is 21.9. The quantitative estimate of drug-likeness (QED) is 0.270. The van der Waals surface area contributed by atoms with Crippen LogP contribution in [-0.4, -0.2) is 21.4 Å². The number of hydrogen-bond acceptors (Lipinski definition) is 6. The molecule has 184 valence electrons. The molecule has 0 saturated carbocycles. The maximum atomic E-state index is 13.7. The molecule has 0 radical (unpaired) electrons. The molecule has 3 rings (SSSR count). The molecule has 0 aliphatic rings. The van der Waals surface area contributed by atoms with Crippen LogP contribution in [0.2, 0.25) is 0 Å². The molecule has 0 heterocycles. The highest BCUT2D eigenvalue weighted by molar-refractivity contribution is 7.89. The molecule has 1 unspecified atom stereocenters. The van der Waals surface area contributed by atoms with E-state index in [1.807, 2.05) is 53.7 Å². The molecule has 0 N–H and O–H groups in total. The Morgan fingerprint density at radius 3 is 1.74 bits per heavy atom. The molecule has 0 fully saturated rings. The Hall–Kier alpha value is -2.26. The molecular weight excluding hydrogens is 472 g/mol. The first kappa shape index (κ1) is 26.3. The molecule has 0 aliphatic heterocycles. The summed E-state index contributed by atoms with van der Waals surface area (Å²) in [5.41, 5.74) is -0.167. The van der Waals surface area contributed by atoms with Crippen LogP contribution >= 0.6 is 0 Å². The third-order valence-electron chi connectivity index (χ3n) is 5.88. The van der Waals surface area contributed by atoms with Crippen LogP contribution < -0.4 is 0 Å². The molecule has 6 nitrogen and oxygen atoms in total. The molecule has 0 aromatic heterocycles. The van der Waals surface area contributed by atoms with Crippen molar-refractivity contribution in [2.75, 3.05) is 0 Å². The SMILES string of the molecule is CC(C)c1cc(C(C)C)c(S(=O)(=O)OC(c2cccc3ccccc23)S(=O)(=O)[O-])c(C(C)C)c1. The Balaban J connectivity index is 2.27. The molecule has 0 saturated heterocycles. The van der Waals surface area contributed by atoms with Crippen molar-refractivity contribution in [3.8, 4) is 0 Å². The molecule has 3 aromatic carbocycles. The van der Waals surface area contributed by atoms with E-state index in [0.717, 1.165) is 5.56 Å². The lowest BCUT2D eigenvalue weighted by atomic mass is 9.89. The van der Waals surface area contributed by atoms with Gasteiger partial charge in [-0.25, -0.2) is 12.6 Å². The van der Waals surface area contributed by atoms with Gasteiger partial charge in [0.05, 0.1) is 0 Å². The zero-order chi connectivity index (χ0) is 25.4. The van der Waals surface area contributed by atoms with E-state index in [-0.39, 0.29) is 28.2 Å². The smallest absolute Gasteiger partial charge is 0.299 e. The third kappa shape index (κ3) is 5.35. The van der Waals surface area contributed by atoms with Crippen LogP contribution in [0, 0.1) is 0 Å². The second kappa shape index (κ2) is 9.77. The van der Waals surface area contributed by atoms with Crippen molar-refractivity contribution in [1.82, 2.24) is 0 Å². The maximum absolute atomic E-state index is 13.7. The highest BCUT2D eigenvalue weighted by atomic mass is 32.2. The fourth-order valence-corrected chi connectivity index (χ4v) is 6.86. The van der Waals surface area contributed by atoms with Gasteiger partial charge in [0.2, 0.25) is 0 Å². The molecule has 34 heavy (non-hydrogen) atoms. The summed E-state index contributed by atoms with van der Waals surface area (Å²) in [6.45, 7) is 11.5. The number of fused-ring (bicyclic) bond motifs is 1. The summed E-state index contributed by atoms with van der Waals surface area (Å²) in [7, 11) is -9.82. The third-order valence-corrected chi connectivity index (χ3v) is 8.30. The van der Waals surface area contributed by atoms with Crippen LogP contribution in [0.1, 0.15) is 87.0 Å². The standard InChI is InChI=1S/C26H32O6S2/c1-16(2)20-14-23(17(3)4)25(24(15-20)18(5)6)34(30,31)32-26(33(27,28)29)22-13-9-11-19-10-7-8-12-21(19)22/h7-18,26H,1-6H3,(H,27,28,29)/p-1. The van der Waals surface area contributed by atoms with Gasteiger partial charge in [0.25, 0.3) is 10.1 Å². The molecule has 8 heteroatoms. The van der Waals surface area contributed by atoms with Gasteiger partial charge in [-0.2, -0.15) is 8.42 Å². The second-order valence-electron chi connectivity index (χ2n) is 9.44. The Bertz CT molecular complexity index is 1370. The fraction of sp³-hybridized carbons (Fsp3) is 0.385. The maximum Gasteiger partial charge on any atom is 0.299 e. The second-order valence-corrected chi connectivity index (χ2v) is 12.4. The lowest BCUT2D eigenvalue weighted by Gasteiger charge is -2.26. The summed E-state index contributed by atoms with van der Waals surface area (Å²) in [4.78, 5) is -0.0595. The molecular formula is C26H31O6S2-. The van der Waals surface area contributed by atoms with E-state index in [4.69, 9.17) is 4.18 Å². The number of hydrogen-bond donors (Lipinski definition) is 0. The minimum Gasteiger partial charge on any atom is -0.746 e. The summed E-state index contributed by atoms with van der Waals surface area (Å²) < 4.78 is 69.7. The van der Waals surface area contributed by atoms with Crippen molar-refractivity contribution in [3.63, 3.8) is 0 Å². The summed E-state index contributed by atoms with van der Waals surface area (Å²) in [6, 6.07) is 15.2. The normalized spacial score (nSPS) is 13.8. The summed E-state index contributed by atoms with van der Waals surface area (Å²) in [5.74, 6) is -0.188. The molecule has 0 spiro atoms. The van der Waals surface area contributed by atoms with Crippen LogP contribution in [0.5, 0.6) is 0 Å². The fourth-order valence-electron chi connectivity index (χ4n) is 4.05. The Kier molecular flexibility index (Phi) is 7.57. The summed E-state index contributed by atoms with van der Waals surface area (Å²) in [5, 5.41) is 1.11. The van der Waals surface area contributed by atoms with Crippen LogP contribution in [-0.2, 0) is 24.4 Å². The van der Waals surface area contributed by atoms with Gasteiger partial charge in [0, 0.05) is 5.56 Å². The summed E-state index contributed by atoms with van der Waals surface area (Å²) in [6.07, 6.45) is 0. The Morgan fingerprint density at radius 1 is 0.706 bits per heavy atom. The monoisotopic (exact) mass is 503 g/mol. The van der Waals surface area contributed by atoms with E-state index in [2.05, 4.69) is 0 Å². The van der Waals surface area contributed by atoms with E-state index in [9.17, 15) is 21.4 Å².